The highest BCUT2D eigenvalue weighted by Gasteiger charge is 2.32. The van der Waals surface area contributed by atoms with Gasteiger partial charge in [0.15, 0.2) is 0 Å². The number of hydrogen-bond acceptors (Lipinski definition) is 3. The molecule has 0 spiro atoms. The Labute approximate surface area is 107 Å². The van der Waals surface area contributed by atoms with Crippen molar-refractivity contribution in [1.82, 2.24) is 0 Å². The van der Waals surface area contributed by atoms with Crippen molar-refractivity contribution in [1.29, 1.82) is 0 Å². The summed E-state index contributed by atoms with van der Waals surface area (Å²) in [5, 5.41) is 10.7. The molecule has 1 saturated carbocycles. The van der Waals surface area contributed by atoms with Crippen molar-refractivity contribution in [2.75, 3.05) is 6.61 Å². The number of benzene rings is 1. The Kier molecular flexibility index (Phi) is 3.92. The van der Waals surface area contributed by atoms with Gasteiger partial charge >= 0.3 is 0 Å². The quantitative estimate of drug-likeness (QED) is 0.869. The fraction of sp³-hybridized carbons (Fsp3) is 0.538. The van der Waals surface area contributed by atoms with E-state index in [-0.39, 0.29) is 0 Å². The van der Waals surface area contributed by atoms with Crippen LogP contribution in [0.15, 0.2) is 18.2 Å². The van der Waals surface area contributed by atoms with Gasteiger partial charge in [0.05, 0.1) is 10.6 Å². The van der Waals surface area contributed by atoms with Crippen LogP contribution in [-0.4, -0.2) is 17.3 Å². The molecule has 2 rings (SSSR count). The lowest BCUT2D eigenvalue weighted by atomic mass is 10.0. The summed E-state index contributed by atoms with van der Waals surface area (Å²) in [4.78, 5) is 0. The Morgan fingerprint density at radius 1 is 1.35 bits per heavy atom. The van der Waals surface area contributed by atoms with Gasteiger partial charge in [-0.15, -0.1) is 0 Å². The van der Waals surface area contributed by atoms with Crippen LogP contribution in [0.1, 0.15) is 31.2 Å². The number of nitrogens with two attached hydrogens (primary N) is 1. The lowest BCUT2D eigenvalue weighted by molar-refractivity contribution is 0.00144. The molecule has 1 aromatic carbocycles. The standard InChI is InChI=1S/C13H18ClNO2/c14-11-7-10(8-15)3-4-12(11)17-9-13(16)5-1-2-6-13/h3-4,7,16H,1-2,5-6,8-9,15H2. The minimum Gasteiger partial charge on any atom is -0.489 e. The largest absolute Gasteiger partial charge is 0.489 e. The first-order valence-corrected chi connectivity index (χ1v) is 6.34. The summed E-state index contributed by atoms with van der Waals surface area (Å²) in [6.45, 7) is 0.776. The maximum Gasteiger partial charge on any atom is 0.138 e. The van der Waals surface area contributed by atoms with Crippen molar-refractivity contribution in [3.63, 3.8) is 0 Å². The van der Waals surface area contributed by atoms with Gasteiger partial charge in [0.25, 0.3) is 0 Å². The number of rotatable bonds is 4. The van der Waals surface area contributed by atoms with Gasteiger partial charge in [-0.1, -0.05) is 30.5 Å². The van der Waals surface area contributed by atoms with Crippen LogP contribution in [0, 0.1) is 0 Å². The third kappa shape index (κ3) is 3.12. The van der Waals surface area contributed by atoms with E-state index in [1.807, 2.05) is 12.1 Å². The molecule has 1 aliphatic rings. The molecule has 0 bridgehead atoms. The van der Waals surface area contributed by atoms with E-state index in [0.29, 0.717) is 23.9 Å². The van der Waals surface area contributed by atoms with Gasteiger partial charge in [-0.25, -0.2) is 0 Å². The van der Waals surface area contributed by atoms with E-state index < -0.39 is 5.60 Å². The molecule has 0 aromatic heterocycles. The van der Waals surface area contributed by atoms with Crippen LogP contribution in [0.5, 0.6) is 5.75 Å². The van der Waals surface area contributed by atoms with Gasteiger partial charge in [0.1, 0.15) is 12.4 Å². The van der Waals surface area contributed by atoms with E-state index in [1.165, 1.54) is 0 Å². The van der Waals surface area contributed by atoms with Crippen molar-refractivity contribution < 1.29 is 9.84 Å². The molecule has 0 atom stereocenters. The SMILES string of the molecule is NCc1ccc(OCC2(O)CCCC2)c(Cl)c1. The highest BCUT2D eigenvalue weighted by Crippen LogP contribution is 2.32. The lowest BCUT2D eigenvalue weighted by Gasteiger charge is -2.22. The first-order valence-electron chi connectivity index (χ1n) is 5.97. The molecule has 3 nitrogen and oxygen atoms in total. The summed E-state index contributed by atoms with van der Waals surface area (Å²) in [7, 11) is 0. The van der Waals surface area contributed by atoms with Crippen molar-refractivity contribution >= 4 is 11.6 Å². The molecule has 3 N–H and O–H groups in total. The monoisotopic (exact) mass is 255 g/mol. The smallest absolute Gasteiger partial charge is 0.138 e. The molecule has 17 heavy (non-hydrogen) atoms. The molecular formula is C13H18ClNO2. The van der Waals surface area contributed by atoms with Crippen LogP contribution < -0.4 is 10.5 Å². The summed E-state index contributed by atoms with van der Waals surface area (Å²) >= 11 is 6.08. The molecule has 4 heteroatoms. The first-order chi connectivity index (χ1) is 8.13. The highest BCUT2D eigenvalue weighted by atomic mass is 35.5. The van der Waals surface area contributed by atoms with E-state index >= 15 is 0 Å². The molecule has 0 heterocycles. The number of aliphatic hydroxyl groups is 1. The van der Waals surface area contributed by atoms with Crippen molar-refractivity contribution in [3.05, 3.63) is 28.8 Å². The van der Waals surface area contributed by atoms with Gasteiger partial charge in [0.2, 0.25) is 0 Å². The van der Waals surface area contributed by atoms with Gasteiger partial charge in [0, 0.05) is 6.54 Å². The Morgan fingerprint density at radius 3 is 2.65 bits per heavy atom. The minimum absolute atomic E-state index is 0.314. The summed E-state index contributed by atoms with van der Waals surface area (Å²) < 4.78 is 5.60. The maximum atomic E-state index is 10.2. The molecule has 0 amide bonds. The second-order valence-electron chi connectivity index (χ2n) is 4.69. The predicted octanol–water partition coefficient (Wildman–Crippen LogP) is 2.48. The average molecular weight is 256 g/mol. The molecule has 1 fully saturated rings. The van der Waals surface area contributed by atoms with E-state index in [1.54, 1.807) is 6.07 Å². The van der Waals surface area contributed by atoms with Crippen molar-refractivity contribution in [3.8, 4) is 5.75 Å². The molecule has 0 radical (unpaired) electrons. The van der Waals surface area contributed by atoms with Gasteiger partial charge in [-0.3, -0.25) is 0 Å². The van der Waals surface area contributed by atoms with Crippen LogP contribution in [0.3, 0.4) is 0 Å². The van der Waals surface area contributed by atoms with Crippen LogP contribution in [0.2, 0.25) is 5.02 Å². The lowest BCUT2D eigenvalue weighted by Crippen LogP contribution is -2.32. The number of hydrogen-bond donors (Lipinski definition) is 2. The fourth-order valence-electron chi connectivity index (χ4n) is 2.18. The number of ether oxygens (including phenoxy) is 1. The summed E-state index contributed by atoms with van der Waals surface area (Å²) in [6, 6.07) is 5.50. The predicted molar refractivity (Wildman–Crippen MR) is 68.3 cm³/mol. The summed E-state index contributed by atoms with van der Waals surface area (Å²) in [5.74, 6) is 0.615. The van der Waals surface area contributed by atoms with E-state index in [9.17, 15) is 5.11 Å². The van der Waals surface area contributed by atoms with Crippen molar-refractivity contribution in [2.45, 2.75) is 37.8 Å². The normalized spacial score (nSPS) is 18.3. The van der Waals surface area contributed by atoms with Crippen LogP contribution in [0.25, 0.3) is 0 Å². The second-order valence-corrected chi connectivity index (χ2v) is 5.10. The average Bonchev–Trinajstić information content (AvgIpc) is 2.75. The van der Waals surface area contributed by atoms with E-state index in [2.05, 4.69) is 0 Å². The third-order valence-corrected chi connectivity index (χ3v) is 3.56. The van der Waals surface area contributed by atoms with Crippen LogP contribution >= 0.6 is 11.6 Å². The van der Waals surface area contributed by atoms with Gasteiger partial charge in [-0.2, -0.15) is 0 Å². The maximum absolute atomic E-state index is 10.2. The zero-order chi connectivity index (χ0) is 12.3. The highest BCUT2D eigenvalue weighted by molar-refractivity contribution is 6.32. The zero-order valence-electron chi connectivity index (χ0n) is 9.79. The molecule has 1 aliphatic carbocycles. The Bertz CT molecular complexity index is 389. The minimum atomic E-state index is -0.671. The molecule has 0 aliphatic heterocycles. The molecular weight excluding hydrogens is 238 g/mol. The summed E-state index contributed by atoms with van der Waals surface area (Å²) in [6.07, 6.45) is 3.76. The Morgan fingerprint density at radius 2 is 2.06 bits per heavy atom. The van der Waals surface area contributed by atoms with Crippen LogP contribution in [-0.2, 0) is 6.54 Å². The Balaban J connectivity index is 1.99. The third-order valence-electron chi connectivity index (χ3n) is 3.26. The van der Waals surface area contributed by atoms with Crippen LogP contribution in [0.4, 0.5) is 0 Å². The topological polar surface area (TPSA) is 55.5 Å². The van der Waals surface area contributed by atoms with Gasteiger partial charge < -0.3 is 15.6 Å². The van der Waals surface area contributed by atoms with E-state index in [4.69, 9.17) is 22.1 Å². The summed E-state index contributed by atoms with van der Waals surface area (Å²) in [5.41, 5.74) is 5.83. The zero-order valence-corrected chi connectivity index (χ0v) is 10.5. The number of halogens is 1. The first kappa shape index (κ1) is 12.7. The second kappa shape index (κ2) is 5.25. The fourth-order valence-corrected chi connectivity index (χ4v) is 2.44. The van der Waals surface area contributed by atoms with E-state index in [0.717, 1.165) is 31.2 Å². The molecule has 0 saturated heterocycles. The molecule has 0 unspecified atom stereocenters. The molecule has 1 aromatic rings. The van der Waals surface area contributed by atoms with Gasteiger partial charge in [-0.05, 0) is 30.5 Å². The van der Waals surface area contributed by atoms with Crippen molar-refractivity contribution in [2.24, 2.45) is 5.73 Å². The molecule has 94 valence electrons. The Hall–Kier alpha value is -0.770.